The molecule has 3 nitrogen and oxygen atoms in total. The van der Waals surface area contributed by atoms with Crippen molar-refractivity contribution in [2.45, 2.75) is 19.5 Å². The summed E-state index contributed by atoms with van der Waals surface area (Å²) >= 11 is 0. The Morgan fingerprint density at radius 3 is 2.71 bits per heavy atom. The van der Waals surface area contributed by atoms with Crippen LogP contribution in [0.3, 0.4) is 0 Å². The molecule has 1 aliphatic rings. The second-order valence-electron chi connectivity index (χ2n) is 4.95. The van der Waals surface area contributed by atoms with Crippen LogP contribution in [0.25, 0.3) is 0 Å². The van der Waals surface area contributed by atoms with E-state index in [-0.39, 0.29) is 12.8 Å². The second kappa shape index (κ2) is 5.69. The van der Waals surface area contributed by atoms with Gasteiger partial charge in [-0.15, -0.1) is 0 Å². The predicted molar refractivity (Wildman–Crippen MR) is 74.2 cm³/mol. The van der Waals surface area contributed by atoms with Gasteiger partial charge in [0.2, 0.25) is 6.79 Å². The monoisotopic (exact) mass is 291 g/mol. The standard InChI is InChI=1S/C16H15F2NO2/c1-10(11-3-5-15-16(6-11)21-9-20-15)19-8-12-2-4-13(17)7-14(12)18/h2-7,10,19H,8-9H2,1H3. The van der Waals surface area contributed by atoms with Gasteiger partial charge in [-0.05, 0) is 30.7 Å². The number of benzene rings is 2. The third-order valence-corrected chi connectivity index (χ3v) is 3.51. The van der Waals surface area contributed by atoms with Crippen LogP contribution in [0.1, 0.15) is 24.1 Å². The number of nitrogens with one attached hydrogen (secondary N) is 1. The molecular weight excluding hydrogens is 276 g/mol. The largest absolute Gasteiger partial charge is 0.454 e. The Morgan fingerprint density at radius 1 is 1.10 bits per heavy atom. The Morgan fingerprint density at radius 2 is 1.90 bits per heavy atom. The van der Waals surface area contributed by atoms with Crippen molar-refractivity contribution in [1.82, 2.24) is 5.32 Å². The maximum Gasteiger partial charge on any atom is 0.231 e. The molecule has 2 aromatic carbocycles. The van der Waals surface area contributed by atoms with Gasteiger partial charge < -0.3 is 14.8 Å². The van der Waals surface area contributed by atoms with Gasteiger partial charge in [-0.3, -0.25) is 0 Å². The predicted octanol–water partition coefficient (Wildman–Crippen LogP) is 3.54. The van der Waals surface area contributed by atoms with E-state index >= 15 is 0 Å². The van der Waals surface area contributed by atoms with Crippen LogP contribution in [-0.4, -0.2) is 6.79 Å². The molecule has 1 unspecified atom stereocenters. The first-order chi connectivity index (χ1) is 10.1. The minimum Gasteiger partial charge on any atom is -0.454 e. The molecule has 0 bridgehead atoms. The number of fused-ring (bicyclic) bond motifs is 1. The van der Waals surface area contributed by atoms with Crippen LogP contribution < -0.4 is 14.8 Å². The van der Waals surface area contributed by atoms with E-state index in [1.807, 2.05) is 25.1 Å². The fourth-order valence-corrected chi connectivity index (χ4v) is 2.23. The molecule has 0 fully saturated rings. The molecule has 0 radical (unpaired) electrons. The first-order valence-electron chi connectivity index (χ1n) is 6.70. The lowest BCUT2D eigenvalue weighted by atomic mass is 10.1. The van der Waals surface area contributed by atoms with Gasteiger partial charge in [0, 0.05) is 24.2 Å². The van der Waals surface area contributed by atoms with Gasteiger partial charge in [0.1, 0.15) is 11.6 Å². The summed E-state index contributed by atoms with van der Waals surface area (Å²) in [7, 11) is 0. The highest BCUT2D eigenvalue weighted by Crippen LogP contribution is 2.34. The molecule has 0 saturated heterocycles. The van der Waals surface area contributed by atoms with Crippen molar-refractivity contribution >= 4 is 0 Å². The van der Waals surface area contributed by atoms with Gasteiger partial charge in [0.15, 0.2) is 11.5 Å². The van der Waals surface area contributed by atoms with Gasteiger partial charge in [0.25, 0.3) is 0 Å². The van der Waals surface area contributed by atoms with Gasteiger partial charge in [-0.2, -0.15) is 0 Å². The lowest BCUT2D eigenvalue weighted by Gasteiger charge is -2.15. The number of ether oxygens (including phenoxy) is 2. The summed E-state index contributed by atoms with van der Waals surface area (Å²) in [6.45, 7) is 2.53. The number of rotatable bonds is 4. The van der Waals surface area contributed by atoms with Crippen molar-refractivity contribution in [3.8, 4) is 11.5 Å². The first kappa shape index (κ1) is 13.8. The van der Waals surface area contributed by atoms with E-state index in [9.17, 15) is 8.78 Å². The number of hydrogen-bond acceptors (Lipinski definition) is 3. The molecule has 0 aliphatic carbocycles. The highest BCUT2D eigenvalue weighted by atomic mass is 19.1. The molecule has 21 heavy (non-hydrogen) atoms. The Kier molecular flexibility index (Phi) is 3.75. The normalized spacial score (nSPS) is 14.2. The van der Waals surface area contributed by atoms with Gasteiger partial charge >= 0.3 is 0 Å². The van der Waals surface area contributed by atoms with E-state index in [1.54, 1.807) is 0 Å². The van der Waals surface area contributed by atoms with Crippen molar-refractivity contribution < 1.29 is 18.3 Å². The quantitative estimate of drug-likeness (QED) is 0.934. The summed E-state index contributed by atoms with van der Waals surface area (Å²) in [5.74, 6) is 0.338. The van der Waals surface area contributed by atoms with Crippen molar-refractivity contribution in [3.05, 3.63) is 59.2 Å². The number of hydrogen-bond donors (Lipinski definition) is 1. The molecule has 1 atom stereocenters. The molecule has 5 heteroatoms. The minimum absolute atomic E-state index is 0.00366. The van der Waals surface area contributed by atoms with Gasteiger partial charge in [-0.1, -0.05) is 12.1 Å². The van der Waals surface area contributed by atoms with Crippen LogP contribution in [0.5, 0.6) is 11.5 Å². The summed E-state index contributed by atoms with van der Waals surface area (Å²) < 4.78 is 37.0. The fraction of sp³-hybridized carbons (Fsp3) is 0.250. The van der Waals surface area contributed by atoms with Crippen molar-refractivity contribution in [2.24, 2.45) is 0 Å². The molecule has 1 heterocycles. The smallest absolute Gasteiger partial charge is 0.231 e. The van der Waals surface area contributed by atoms with Crippen LogP contribution in [-0.2, 0) is 6.54 Å². The van der Waals surface area contributed by atoms with Crippen LogP contribution in [0.4, 0.5) is 8.78 Å². The molecule has 0 saturated carbocycles. The summed E-state index contributed by atoms with van der Waals surface area (Å²) in [4.78, 5) is 0. The van der Waals surface area contributed by atoms with E-state index < -0.39 is 11.6 Å². The Hall–Kier alpha value is -2.14. The summed E-state index contributed by atoms with van der Waals surface area (Å²) in [5, 5.41) is 3.21. The first-order valence-corrected chi connectivity index (χ1v) is 6.70. The fourth-order valence-electron chi connectivity index (χ4n) is 2.23. The topological polar surface area (TPSA) is 30.5 Å². The number of halogens is 2. The Labute approximate surface area is 121 Å². The zero-order valence-corrected chi connectivity index (χ0v) is 11.5. The Balaban J connectivity index is 1.67. The zero-order valence-electron chi connectivity index (χ0n) is 11.5. The molecule has 2 aromatic rings. The highest BCUT2D eigenvalue weighted by Gasteiger charge is 2.15. The van der Waals surface area contributed by atoms with Crippen LogP contribution in [0.2, 0.25) is 0 Å². The molecule has 3 rings (SSSR count). The highest BCUT2D eigenvalue weighted by molar-refractivity contribution is 5.45. The summed E-state index contributed by atoms with van der Waals surface area (Å²) in [6.07, 6.45) is 0. The third kappa shape index (κ3) is 2.97. The minimum atomic E-state index is -0.569. The van der Waals surface area contributed by atoms with Crippen LogP contribution in [0.15, 0.2) is 36.4 Å². The molecular formula is C16H15F2NO2. The molecule has 1 aliphatic heterocycles. The SMILES string of the molecule is CC(NCc1ccc(F)cc1F)c1ccc2c(c1)OCO2. The van der Waals surface area contributed by atoms with Crippen molar-refractivity contribution in [3.63, 3.8) is 0 Å². The Bertz CT molecular complexity index is 661. The van der Waals surface area contributed by atoms with Gasteiger partial charge in [-0.25, -0.2) is 8.78 Å². The second-order valence-corrected chi connectivity index (χ2v) is 4.95. The maximum atomic E-state index is 13.6. The van der Waals surface area contributed by atoms with E-state index in [0.717, 1.165) is 17.4 Å². The van der Waals surface area contributed by atoms with E-state index in [0.29, 0.717) is 17.9 Å². The molecule has 110 valence electrons. The molecule has 0 spiro atoms. The van der Waals surface area contributed by atoms with Crippen LogP contribution in [0, 0.1) is 11.6 Å². The lowest BCUT2D eigenvalue weighted by molar-refractivity contribution is 0.174. The summed E-state index contributed by atoms with van der Waals surface area (Å²) in [6, 6.07) is 9.29. The van der Waals surface area contributed by atoms with E-state index in [4.69, 9.17) is 9.47 Å². The average Bonchev–Trinajstić information content (AvgIpc) is 2.93. The summed E-state index contributed by atoms with van der Waals surface area (Å²) in [5.41, 5.74) is 1.45. The van der Waals surface area contributed by atoms with E-state index in [1.165, 1.54) is 12.1 Å². The lowest BCUT2D eigenvalue weighted by Crippen LogP contribution is -2.18. The third-order valence-electron chi connectivity index (χ3n) is 3.51. The molecule has 0 aromatic heterocycles. The maximum absolute atomic E-state index is 13.6. The van der Waals surface area contributed by atoms with Crippen molar-refractivity contribution in [2.75, 3.05) is 6.79 Å². The van der Waals surface area contributed by atoms with Crippen molar-refractivity contribution in [1.29, 1.82) is 0 Å². The molecule has 0 amide bonds. The van der Waals surface area contributed by atoms with Crippen LogP contribution >= 0.6 is 0 Å². The zero-order chi connectivity index (χ0) is 14.8. The average molecular weight is 291 g/mol. The molecule has 1 N–H and O–H groups in total. The van der Waals surface area contributed by atoms with E-state index in [2.05, 4.69) is 5.32 Å². The van der Waals surface area contributed by atoms with Gasteiger partial charge in [0.05, 0.1) is 0 Å².